The third-order valence-corrected chi connectivity index (χ3v) is 5.77. The van der Waals surface area contributed by atoms with Crippen molar-refractivity contribution in [3.63, 3.8) is 0 Å². The molecule has 0 spiro atoms. The molecule has 1 saturated heterocycles. The van der Waals surface area contributed by atoms with E-state index < -0.39 is 5.97 Å². The van der Waals surface area contributed by atoms with Crippen LogP contribution >= 0.6 is 23.1 Å². The summed E-state index contributed by atoms with van der Waals surface area (Å²) in [7, 11) is 1.30. The molecule has 1 aromatic heterocycles. The normalized spacial score (nSPS) is 18.9. The highest BCUT2D eigenvalue weighted by molar-refractivity contribution is 8.00. The predicted molar refractivity (Wildman–Crippen MR) is 82.2 cm³/mol. The summed E-state index contributed by atoms with van der Waals surface area (Å²) in [4.78, 5) is 30.2. The van der Waals surface area contributed by atoms with E-state index in [2.05, 4.69) is 16.8 Å². The Morgan fingerprint density at radius 2 is 2.25 bits per heavy atom. The molecule has 20 heavy (non-hydrogen) atoms. The number of Topliss-reactive ketones (excluding diaryl/α,β-unsaturated/α-hetero) is 1. The summed E-state index contributed by atoms with van der Waals surface area (Å²) in [5.41, 5.74) is 0.145. The lowest BCUT2D eigenvalue weighted by atomic mass is 10.3. The first kappa shape index (κ1) is 15.3. The van der Waals surface area contributed by atoms with Crippen LogP contribution in [0.2, 0.25) is 0 Å². The van der Waals surface area contributed by atoms with Gasteiger partial charge >= 0.3 is 5.97 Å². The van der Waals surface area contributed by atoms with Gasteiger partial charge in [0.2, 0.25) is 0 Å². The van der Waals surface area contributed by atoms with Crippen LogP contribution in [0, 0.1) is 0 Å². The third kappa shape index (κ3) is 3.15. The van der Waals surface area contributed by atoms with Crippen molar-refractivity contribution in [2.45, 2.75) is 25.5 Å². The lowest BCUT2D eigenvalue weighted by Crippen LogP contribution is -2.37. The average Bonchev–Trinajstić information content (AvgIpc) is 2.92. The minimum Gasteiger partial charge on any atom is -0.464 e. The molecule has 0 aromatic carbocycles. The van der Waals surface area contributed by atoms with E-state index in [0.29, 0.717) is 10.1 Å². The van der Waals surface area contributed by atoms with E-state index in [1.54, 1.807) is 0 Å². The number of methoxy groups -OCH3 is 1. The van der Waals surface area contributed by atoms with Gasteiger partial charge in [0.25, 0.3) is 0 Å². The molecule has 5 nitrogen and oxygen atoms in total. The molecule has 1 aromatic rings. The molecule has 0 amide bonds. The molecular formula is C13H18N2O3S2. The van der Waals surface area contributed by atoms with Gasteiger partial charge in [-0.15, -0.1) is 0 Å². The summed E-state index contributed by atoms with van der Waals surface area (Å²) in [6, 6.07) is 0. The van der Waals surface area contributed by atoms with E-state index in [9.17, 15) is 9.59 Å². The number of ketones is 1. The Hall–Kier alpha value is -1.08. The minimum absolute atomic E-state index is 0.145. The Morgan fingerprint density at radius 1 is 1.50 bits per heavy atom. The van der Waals surface area contributed by atoms with Crippen LogP contribution < -0.4 is 4.90 Å². The van der Waals surface area contributed by atoms with Gasteiger partial charge < -0.3 is 9.64 Å². The SMILES string of the molecule is CCC1CN(c2nc(C(=O)OC)c(C(C)=O)s2)CCS1. The second-order valence-electron chi connectivity index (χ2n) is 4.57. The first-order valence-corrected chi connectivity index (χ1v) is 8.40. The van der Waals surface area contributed by atoms with Crippen LogP contribution in [0.15, 0.2) is 0 Å². The van der Waals surface area contributed by atoms with Crippen LogP contribution in [0.5, 0.6) is 0 Å². The highest BCUT2D eigenvalue weighted by atomic mass is 32.2. The molecule has 1 aliphatic rings. The standard InChI is InChI=1S/C13H18N2O3S2/c1-4-9-7-15(5-6-19-9)13-14-10(12(17)18-3)11(20-13)8(2)16/h9H,4-7H2,1-3H3. The largest absolute Gasteiger partial charge is 0.464 e. The number of hydrogen-bond donors (Lipinski definition) is 0. The van der Waals surface area contributed by atoms with E-state index >= 15 is 0 Å². The quantitative estimate of drug-likeness (QED) is 0.628. The first-order chi connectivity index (χ1) is 9.56. The molecule has 2 heterocycles. The number of hydrogen-bond acceptors (Lipinski definition) is 7. The maximum absolute atomic E-state index is 11.7. The zero-order chi connectivity index (χ0) is 14.7. The van der Waals surface area contributed by atoms with Gasteiger partial charge in [-0.1, -0.05) is 18.3 Å². The molecule has 0 bridgehead atoms. The number of carbonyl (C=O) groups excluding carboxylic acids is 2. The summed E-state index contributed by atoms with van der Waals surface area (Å²) in [6.07, 6.45) is 1.11. The molecule has 7 heteroatoms. The van der Waals surface area contributed by atoms with Gasteiger partial charge in [-0.3, -0.25) is 4.79 Å². The fourth-order valence-electron chi connectivity index (χ4n) is 2.06. The van der Waals surface area contributed by atoms with Gasteiger partial charge in [0.1, 0.15) is 4.88 Å². The third-order valence-electron chi connectivity index (χ3n) is 3.18. The summed E-state index contributed by atoms with van der Waals surface area (Å²) < 4.78 is 4.70. The smallest absolute Gasteiger partial charge is 0.358 e. The molecule has 1 aliphatic heterocycles. The molecule has 1 atom stereocenters. The van der Waals surface area contributed by atoms with Crippen LogP contribution in [-0.4, -0.2) is 47.9 Å². The molecule has 1 unspecified atom stereocenters. The van der Waals surface area contributed by atoms with Crippen molar-refractivity contribution in [1.82, 2.24) is 4.98 Å². The van der Waals surface area contributed by atoms with Gasteiger partial charge in [0.05, 0.1) is 7.11 Å². The van der Waals surface area contributed by atoms with E-state index in [4.69, 9.17) is 4.74 Å². The summed E-state index contributed by atoms with van der Waals surface area (Å²) in [5, 5.41) is 1.32. The number of thiazole rings is 1. The fourth-order valence-corrected chi connectivity index (χ4v) is 4.22. The molecule has 0 N–H and O–H groups in total. The van der Waals surface area contributed by atoms with E-state index in [-0.39, 0.29) is 11.5 Å². The maximum atomic E-state index is 11.7. The predicted octanol–water partition coefficient (Wildman–Crippen LogP) is 2.46. The molecule has 0 saturated carbocycles. The Bertz CT molecular complexity index is 516. The lowest BCUT2D eigenvalue weighted by Gasteiger charge is -2.31. The van der Waals surface area contributed by atoms with Crippen LogP contribution in [-0.2, 0) is 4.74 Å². The van der Waals surface area contributed by atoms with Crippen LogP contribution in [0.25, 0.3) is 0 Å². The Morgan fingerprint density at radius 3 is 2.85 bits per heavy atom. The first-order valence-electron chi connectivity index (χ1n) is 6.53. The maximum Gasteiger partial charge on any atom is 0.358 e. The van der Waals surface area contributed by atoms with E-state index in [1.165, 1.54) is 25.4 Å². The monoisotopic (exact) mass is 314 g/mol. The number of thioether (sulfide) groups is 1. The Kier molecular flexibility index (Phi) is 5.04. The van der Waals surface area contributed by atoms with Crippen molar-refractivity contribution in [2.24, 2.45) is 0 Å². The molecule has 2 rings (SSSR count). The van der Waals surface area contributed by atoms with Crippen LogP contribution in [0.3, 0.4) is 0 Å². The number of nitrogens with zero attached hydrogens (tertiary/aromatic N) is 2. The average molecular weight is 314 g/mol. The zero-order valence-electron chi connectivity index (χ0n) is 11.8. The number of esters is 1. The summed E-state index contributed by atoms with van der Waals surface area (Å²) >= 11 is 3.25. The Balaban J connectivity index is 2.28. The summed E-state index contributed by atoms with van der Waals surface area (Å²) in [5.74, 6) is 0.352. The highest BCUT2D eigenvalue weighted by Gasteiger charge is 2.27. The lowest BCUT2D eigenvalue weighted by molar-refractivity contribution is 0.0591. The van der Waals surface area contributed by atoms with Crippen molar-refractivity contribution in [1.29, 1.82) is 0 Å². The molecule has 110 valence electrons. The molecule has 0 aliphatic carbocycles. The number of aromatic nitrogens is 1. The van der Waals surface area contributed by atoms with Crippen molar-refractivity contribution >= 4 is 40.0 Å². The molecular weight excluding hydrogens is 296 g/mol. The van der Waals surface area contributed by atoms with Crippen molar-refractivity contribution in [3.05, 3.63) is 10.6 Å². The van der Waals surface area contributed by atoms with Gasteiger partial charge in [-0.25, -0.2) is 9.78 Å². The molecule has 0 radical (unpaired) electrons. The fraction of sp³-hybridized carbons (Fsp3) is 0.615. The molecule has 1 fully saturated rings. The topological polar surface area (TPSA) is 59.5 Å². The van der Waals surface area contributed by atoms with E-state index in [0.717, 1.165) is 30.4 Å². The van der Waals surface area contributed by atoms with E-state index in [1.807, 2.05) is 11.8 Å². The van der Waals surface area contributed by atoms with Gasteiger partial charge in [-0.05, 0) is 6.42 Å². The number of carbonyl (C=O) groups is 2. The second-order valence-corrected chi connectivity index (χ2v) is 6.95. The van der Waals surface area contributed by atoms with Crippen LogP contribution in [0.1, 0.15) is 40.4 Å². The van der Waals surface area contributed by atoms with Crippen molar-refractivity contribution in [3.8, 4) is 0 Å². The number of anilines is 1. The second kappa shape index (κ2) is 6.58. The van der Waals surface area contributed by atoms with Gasteiger partial charge in [0.15, 0.2) is 16.6 Å². The zero-order valence-corrected chi connectivity index (χ0v) is 13.5. The van der Waals surface area contributed by atoms with Crippen LogP contribution in [0.4, 0.5) is 5.13 Å². The van der Waals surface area contributed by atoms with Crippen molar-refractivity contribution < 1.29 is 14.3 Å². The Labute approximate surface area is 126 Å². The van der Waals surface area contributed by atoms with Gasteiger partial charge in [-0.2, -0.15) is 11.8 Å². The number of rotatable bonds is 4. The van der Waals surface area contributed by atoms with Gasteiger partial charge in [0, 0.05) is 31.0 Å². The highest BCUT2D eigenvalue weighted by Crippen LogP contribution is 2.31. The summed E-state index contributed by atoms with van der Waals surface area (Å²) in [6.45, 7) is 5.42. The minimum atomic E-state index is -0.545. The van der Waals surface area contributed by atoms with Crippen molar-refractivity contribution in [2.75, 3.05) is 30.9 Å². The number of ether oxygens (including phenoxy) is 1.